The van der Waals surface area contributed by atoms with Gasteiger partial charge in [0.25, 0.3) is 5.91 Å². The third-order valence-corrected chi connectivity index (χ3v) is 4.44. The topological polar surface area (TPSA) is 49.3 Å². The van der Waals surface area contributed by atoms with Gasteiger partial charge in [0.05, 0.1) is 22.2 Å². The maximum Gasteiger partial charge on any atom is 0.254 e. The van der Waals surface area contributed by atoms with Crippen molar-refractivity contribution in [3.8, 4) is 0 Å². The van der Waals surface area contributed by atoms with Crippen LogP contribution in [0.2, 0.25) is 10.0 Å². The monoisotopic (exact) mass is 301 g/mol. The van der Waals surface area contributed by atoms with E-state index in [9.17, 15) is 9.90 Å². The number of aliphatic hydroxyl groups is 1. The first-order valence-electron chi connectivity index (χ1n) is 6.41. The Kier molecular flexibility index (Phi) is 4.71. The lowest BCUT2D eigenvalue weighted by molar-refractivity contribution is 0.0881. The van der Waals surface area contributed by atoms with Gasteiger partial charge in [0.1, 0.15) is 0 Å². The van der Waals surface area contributed by atoms with E-state index >= 15 is 0 Å². The molecule has 3 nitrogen and oxygen atoms in total. The summed E-state index contributed by atoms with van der Waals surface area (Å²) >= 11 is 12.0. The van der Waals surface area contributed by atoms with Crippen molar-refractivity contribution in [3.63, 3.8) is 0 Å². The summed E-state index contributed by atoms with van der Waals surface area (Å²) in [7, 11) is 0. The number of aliphatic hydroxyl groups excluding tert-OH is 1. The molecule has 104 valence electrons. The first kappa shape index (κ1) is 14.6. The Bertz CT molecular complexity index is 450. The minimum atomic E-state index is -0.282. The molecule has 0 bridgehead atoms. The lowest BCUT2D eigenvalue weighted by atomic mass is 9.87. The van der Waals surface area contributed by atoms with Crippen molar-refractivity contribution in [2.45, 2.75) is 25.7 Å². The molecule has 1 amide bonds. The Morgan fingerprint density at radius 2 is 1.84 bits per heavy atom. The van der Waals surface area contributed by atoms with Crippen LogP contribution in [0.5, 0.6) is 0 Å². The van der Waals surface area contributed by atoms with Crippen LogP contribution in [0.25, 0.3) is 0 Å². The summed E-state index contributed by atoms with van der Waals surface area (Å²) in [5, 5.41) is 13.0. The average Bonchev–Trinajstić information content (AvgIpc) is 2.86. The van der Waals surface area contributed by atoms with E-state index in [0.29, 0.717) is 22.2 Å². The van der Waals surface area contributed by atoms with Gasteiger partial charge in [0, 0.05) is 12.0 Å². The predicted molar refractivity (Wildman–Crippen MR) is 76.8 cm³/mol. The zero-order valence-electron chi connectivity index (χ0n) is 10.6. The Morgan fingerprint density at radius 1 is 1.26 bits per heavy atom. The number of rotatable bonds is 4. The highest BCUT2D eigenvalue weighted by Crippen LogP contribution is 2.37. The molecule has 0 spiro atoms. The molecule has 1 aliphatic rings. The van der Waals surface area contributed by atoms with Gasteiger partial charge in [-0.25, -0.2) is 0 Å². The molecule has 19 heavy (non-hydrogen) atoms. The molecule has 2 rings (SSSR count). The van der Waals surface area contributed by atoms with Crippen LogP contribution in [0.3, 0.4) is 0 Å². The van der Waals surface area contributed by atoms with Gasteiger partial charge in [-0.05, 0) is 25.0 Å². The smallest absolute Gasteiger partial charge is 0.254 e. The maximum absolute atomic E-state index is 12.1. The van der Waals surface area contributed by atoms with Crippen LogP contribution >= 0.6 is 23.2 Å². The van der Waals surface area contributed by atoms with Crippen LogP contribution in [0.15, 0.2) is 18.2 Å². The van der Waals surface area contributed by atoms with Gasteiger partial charge in [0.15, 0.2) is 0 Å². The molecule has 0 aliphatic heterocycles. The Labute approximate surface area is 122 Å². The normalized spacial score (nSPS) is 17.4. The largest absolute Gasteiger partial charge is 0.396 e. The Morgan fingerprint density at radius 3 is 2.37 bits per heavy atom. The fraction of sp³-hybridized carbons (Fsp3) is 0.500. The molecule has 0 saturated heterocycles. The van der Waals surface area contributed by atoms with Gasteiger partial charge in [-0.3, -0.25) is 4.79 Å². The van der Waals surface area contributed by atoms with Crippen molar-refractivity contribution < 1.29 is 9.90 Å². The highest BCUT2D eigenvalue weighted by atomic mass is 35.5. The molecule has 1 aliphatic carbocycles. The van der Waals surface area contributed by atoms with Crippen LogP contribution in [0.4, 0.5) is 0 Å². The molecule has 2 N–H and O–H groups in total. The van der Waals surface area contributed by atoms with Crippen molar-refractivity contribution >= 4 is 29.1 Å². The zero-order valence-corrected chi connectivity index (χ0v) is 12.1. The van der Waals surface area contributed by atoms with Crippen molar-refractivity contribution in [2.24, 2.45) is 5.41 Å². The van der Waals surface area contributed by atoms with E-state index in [1.807, 2.05) is 0 Å². The summed E-state index contributed by atoms with van der Waals surface area (Å²) in [6, 6.07) is 4.98. The molecule has 0 heterocycles. The van der Waals surface area contributed by atoms with E-state index < -0.39 is 0 Å². The molecule has 0 atom stereocenters. The average molecular weight is 302 g/mol. The number of hydrogen-bond acceptors (Lipinski definition) is 2. The molecule has 1 fully saturated rings. The number of halogens is 2. The third kappa shape index (κ3) is 3.22. The van der Waals surface area contributed by atoms with Crippen LogP contribution in [0.1, 0.15) is 36.0 Å². The van der Waals surface area contributed by atoms with Crippen molar-refractivity contribution in [3.05, 3.63) is 33.8 Å². The SMILES string of the molecule is O=C(NCC1(CO)CCCC1)c1c(Cl)cccc1Cl. The van der Waals surface area contributed by atoms with E-state index in [4.69, 9.17) is 23.2 Å². The number of hydrogen-bond donors (Lipinski definition) is 2. The zero-order chi connectivity index (χ0) is 13.9. The first-order chi connectivity index (χ1) is 9.08. The number of carbonyl (C=O) groups is 1. The van der Waals surface area contributed by atoms with E-state index in [-0.39, 0.29) is 17.9 Å². The first-order valence-corrected chi connectivity index (χ1v) is 7.17. The van der Waals surface area contributed by atoms with E-state index in [1.54, 1.807) is 18.2 Å². The molecule has 1 saturated carbocycles. The maximum atomic E-state index is 12.1. The van der Waals surface area contributed by atoms with E-state index in [2.05, 4.69) is 5.32 Å². The second-order valence-corrected chi connectivity index (χ2v) is 5.96. The van der Waals surface area contributed by atoms with Crippen molar-refractivity contribution in [1.29, 1.82) is 0 Å². The standard InChI is InChI=1S/C14H17Cl2NO2/c15-10-4-3-5-11(16)12(10)13(19)17-8-14(9-18)6-1-2-7-14/h3-5,18H,1-2,6-9H2,(H,17,19). The van der Waals surface area contributed by atoms with Gasteiger partial charge >= 0.3 is 0 Å². The summed E-state index contributed by atoms with van der Waals surface area (Å²) in [4.78, 5) is 12.1. The van der Waals surface area contributed by atoms with Crippen LogP contribution < -0.4 is 5.32 Å². The molecule has 1 aromatic carbocycles. The Balaban J connectivity index is 2.05. The number of amides is 1. The van der Waals surface area contributed by atoms with Gasteiger partial charge < -0.3 is 10.4 Å². The summed E-state index contributed by atoms with van der Waals surface area (Å²) < 4.78 is 0. The van der Waals surface area contributed by atoms with Crippen molar-refractivity contribution in [2.75, 3.05) is 13.2 Å². The minimum absolute atomic E-state index is 0.101. The summed E-state index contributed by atoms with van der Waals surface area (Å²) in [5.41, 5.74) is 0.126. The quantitative estimate of drug-likeness (QED) is 0.896. The molecule has 0 aromatic heterocycles. The molecular formula is C14H17Cl2NO2. The number of nitrogens with one attached hydrogen (secondary N) is 1. The number of benzene rings is 1. The summed E-state index contributed by atoms with van der Waals surface area (Å²) in [6.45, 7) is 0.563. The minimum Gasteiger partial charge on any atom is -0.396 e. The molecule has 5 heteroatoms. The van der Waals surface area contributed by atoms with E-state index in [1.165, 1.54) is 0 Å². The second kappa shape index (κ2) is 6.12. The highest BCUT2D eigenvalue weighted by molar-refractivity contribution is 6.39. The summed E-state index contributed by atoms with van der Waals surface area (Å²) in [6.07, 6.45) is 4.09. The molecule has 1 aromatic rings. The predicted octanol–water partition coefficient (Wildman–Crippen LogP) is 3.28. The van der Waals surface area contributed by atoms with Crippen LogP contribution in [-0.4, -0.2) is 24.2 Å². The van der Waals surface area contributed by atoms with Crippen LogP contribution in [-0.2, 0) is 0 Å². The van der Waals surface area contributed by atoms with Gasteiger partial charge in [-0.15, -0.1) is 0 Å². The fourth-order valence-corrected chi connectivity index (χ4v) is 3.16. The third-order valence-electron chi connectivity index (χ3n) is 3.81. The highest BCUT2D eigenvalue weighted by Gasteiger charge is 2.33. The summed E-state index contributed by atoms with van der Waals surface area (Å²) in [5.74, 6) is -0.282. The van der Waals surface area contributed by atoms with Gasteiger partial charge in [-0.2, -0.15) is 0 Å². The van der Waals surface area contributed by atoms with E-state index in [0.717, 1.165) is 25.7 Å². The molecule has 0 unspecified atom stereocenters. The lowest BCUT2D eigenvalue weighted by Crippen LogP contribution is -2.38. The van der Waals surface area contributed by atoms with Crippen LogP contribution in [0, 0.1) is 5.41 Å². The Hall–Kier alpha value is -0.770. The fourth-order valence-electron chi connectivity index (χ4n) is 2.59. The van der Waals surface area contributed by atoms with Crippen molar-refractivity contribution in [1.82, 2.24) is 5.32 Å². The van der Waals surface area contributed by atoms with Gasteiger partial charge in [-0.1, -0.05) is 42.1 Å². The molecule has 0 radical (unpaired) electrons. The van der Waals surface area contributed by atoms with Gasteiger partial charge in [0.2, 0.25) is 0 Å². The molecular weight excluding hydrogens is 285 g/mol. The number of carbonyl (C=O) groups excluding carboxylic acids is 1. The lowest BCUT2D eigenvalue weighted by Gasteiger charge is -2.26. The second-order valence-electron chi connectivity index (χ2n) is 5.14.